The minimum absolute atomic E-state index is 0.0418. The molecule has 0 aliphatic carbocycles. The van der Waals surface area contributed by atoms with Crippen LogP contribution in [0, 0.1) is 36.8 Å². The third-order valence-electron chi connectivity index (χ3n) is 5.99. The molecule has 1 aliphatic rings. The van der Waals surface area contributed by atoms with Crippen molar-refractivity contribution in [2.45, 2.75) is 42.7 Å². The Morgan fingerprint density at radius 2 is 1.91 bits per heavy atom. The number of hydrogen-bond acceptors (Lipinski definition) is 6. The van der Waals surface area contributed by atoms with Crippen LogP contribution in [0.3, 0.4) is 0 Å². The van der Waals surface area contributed by atoms with Gasteiger partial charge in [0.15, 0.2) is 5.82 Å². The zero-order chi connectivity index (χ0) is 23.1. The van der Waals surface area contributed by atoms with E-state index in [0.717, 1.165) is 60.6 Å². The van der Waals surface area contributed by atoms with E-state index in [1.54, 1.807) is 4.52 Å². The van der Waals surface area contributed by atoms with Crippen molar-refractivity contribution in [1.82, 2.24) is 29.7 Å². The summed E-state index contributed by atoms with van der Waals surface area (Å²) in [6.07, 6.45) is 7.19. The van der Waals surface area contributed by atoms with Crippen LogP contribution in [0.4, 0.5) is 8.78 Å². The Morgan fingerprint density at radius 1 is 1.12 bits per heavy atom. The van der Waals surface area contributed by atoms with Crippen molar-refractivity contribution in [3.63, 3.8) is 0 Å². The molecule has 1 N–H and O–H groups in total. The van der Waals surface area contributed by atoms with Gasteiger partial charge >= 0.3 is 0 Å². The fourth-order valence-corrected chi connectivity index (χ4v) is 5.26. The van der Waals surface area contributed by atoms with Crippen molar-refractivity contribution >= 4 is 17.3 Å². The van der Waals surface area contributed by atoms with E-state index < -0.39 is 11.6 Å². The minimum atomic E-state index is -0.750. The predicted molar refractivity (Wildman–Crippen MR) is 120 cm³/mol. The van der Waals surface area contributed by atoms with E-state index in [1.165, 1.54) is 13.1 Å². The topological polar surface area (TPSA) is 83.8 Å². The molecule has 5 rings (SSSR count). The van der Waals surface area contributed by atoms with Crippen molar-refractivity contribution in [1.29, 1.82) is 5.26 Å². The first-order valence-corrected chi connectivity index (χ1v) is 11.4. The van der Waals surface area contributed by atoms with Crippen LogP contribution in [0.25, 0.3) is 16.6 Å². The van der Waals surface area contributed by atoms with Crippen molar-refractivity contribution in [2.75, 3.05) is 13.1 Å². The highest BCUT2D eigenvalue weighted by Crippen LogP contribution is 2.37. The number of rotatable bonds is 4. The van der Waals surface area contributed by atoms with Crippen LogP contribution < -0.4 is 5.32 Å². The standard InChI is InChI=1S/C23H21F2N7S/c1-13-19(24)8-20(25)23(30-13)33-21-7-15(12-31-22(21)16(9-26)10-28-31)18-11-29-32(14(18)2)17-3-5-27-6-4-17/h7-8,10-12,17,27H,3-6H2,1-2H3. The number of fused-ring (bicyclic) bond motifs is 1. The van der Waals surface area contributed by atoms with E-state index in [4.69, 9.17) is 0 Å². The van der Waals surface area contributed by atoms with Gasteiger partial charge in [0.05, 0.1) is 35.2 Å². The van der Waals surface area contributed by atoms with Gasteiger partial charge in [-0.05, 0) is 45.8 Å². The Balaban J connectivity index is 1.62. The van der Waals surface area contributed by atoms with Gasteiger partial charge in [0.25, 0.3) is 0 Å². The van der Waals surface area contributed by atoms with Gasteiger partial charge < -0.3 is 5.32 Å². The molecule has 0 bridgehead atoms. The molecule has 0 radical (unpaired) electrons. The smallest absolute Gasteiger partial charge is 0.158 e. The van der Waals surface area contributed by atoms with Gasteiger partial charge in [0, 0.05) is 34.0 Å². The summed E-state index contributed by atoms with van der Waals surface area (Å²) in [6.45, 7) is 5.45. The molecule has 0 amide bonds. The highest BCUT2D eigenvalue weighted by molar-refractivity contribution is 7.99. The van der Waals surface area contributed by atoms with E-state index in [1.807, 2.05) is 25.4 Å². The number of piperidine rings is 1. The molecular weight excluding hydrogens is 444 g/mol. The van der Waals surface area contributed by atoms with Crippen molar-refractivity contribution in [2.24, 2.45) is 0 Å². The first-order chi connectivity index (χ1) is 16.0. The average Bonchev–Trinajstić information content (AvgIpc) is 3.41. The third-order valence-corrected chi connectivity index (χ3v) is 7.00. The van der Waals surface area contributed by atoms with E-state index >= 15 is 0 Å². The number of aromatic nitrogens is 5. The summed E-state index contributed by atoms with van der Waals surface area (Å²) in [5.41, 5.74) is 3.85. The summed E-state index contributed by atoms with van der Waals surface area (Å²) < 4.78 is 31.9. The first-order valence-electron chi connectivity index (χ1n) is 10.6. The summed E-state index contributed by atoms with van der Waals surface area (Å²) in [4.78, 5) is 4.68. The maximum atomic E-state index is 14.5. The Bertz CT molecular complexity index is 1400. The third kappa shape index (κ3) is 3.87. The van der Waals surface area contributed by atoms with Gasteiger partial charge in [-0.15, -0.1) is 0 Å². The zero-order valence-corrected chi connectivity index (χ0v) is 19.0. The number of pyridine rings is 2. The maximum Gasteiger partial charge on any atom is 0.158 e. The van der Waals surface area contributed by atoms with Gasteiger partial charge in [-0.2, -0.15) is 15.5 Å². The second-order valence-electron chi connectivity index (χ2n) is 8.07. The van der Waals surface area contributed by atoms with Gasteiger partial charge in [-0.1, -0.05) is 11.8 Å². The zero-order valence-electron chi connectivity index (χ0n) is 18.1. The number of halogens is 2. The monoisotopic (exact) mass is 465 g/mol. The minimum Gasteiger partial charge on any atom is -0.317 e. The second-order valence-corrected chi connectivity index (χ2v) is 9.10. The Labute approximate surface area is 193 Å². The Morgan fingerprint density at radius 3 is 2.67 bits per heavy atom. The lowest BCUT2D eigenvalue weighted by atomic mass is 10.1. The Kier molecular flexibility index (Phi) is 5.60. The number of nitrogens with one attached hydrogen (secondary N) is 1. The average molecular weight is 466 g/mol. The van der Waals surface area contributed by atoms with E-state index in [9.17, 15) is 14.0 Å². The molecule has 0 aromatic carbocycles. The molecule has 1 aliphatic heterocycles. The normalized spacial score (nSPS) is 14.6. The molecule has 0 atom stereocenters. The van der Waals surface area contributed by atoms with Crippen LogP contribution in [0.15, 0.2) is 40.6 Å². The molecule has 4 aromatic heterocycles. The fraction of sp³-hybridized carbons (Fsp3) is 0.304. The summed E-state index contributed by atoms with van der Waals surface area (Å²) in [6, 6.07) is 5.20. The molecule has 168 valence electrons. The van der Waals surface area contributed by atoms with Gasteiger partial charge in [-0.3, -0.25) is 4.68 Å². The van der Waals surface area contributed by atoms with Crippen LogP contribution in [-0.4, -0.2) is 37.5 Å². The first kappa shape index (κ1) is 21.6. The molecule has 0 spiro atoms. The van der Waals surface area contributed by atoms with Crippen molar-refractivity contribution in [3.05, 3.63) is 59.3 Å². The van der Waals surface area contributed by atoms with Crippen LogP contribution >= 0.6 is 11.8 Å². The lowest BCUT2D eigenvalue weighted by Gasteiger charge is -2.24. The largest absolute Gasteiger partial charge is 0.317 e. The van der Waals surface area contributed by atoms with Gasteiger partial charge in [-0.25, -0.2) is 18.3 Å². The SMILES string of the molecule is Cc1nc(Sc2cc(-c3cnn(C4CCNCC4)c3C)cn3ncc(C#N)c23)c(F)cc1F. The summed E-state index contributed by atoms with van der Waals surface area (Å²) in [5, 5.41) is 22.0. The molecule has 0 saturated carbocycles. The van der Waals surface area contributed by atoms with Crippen LogP contribution in [0.2, 0.25) is 0 Å². The van der Waals surface area contributed by atoms with Gasteiger partial charge in [0.1, 0.15) is 16.9 Å². The fourth-order valence-electron chi connectivity index (χ4n) is 4.23. The Hall–Kier alpha value is -3.29. The molecule has 7 nitrogen and oxygen atoms in total. The van der Waals surface area contributed by atoms with Gasteiger partial charge in [0.2, 0.25) is 0 Å². The summed E-state index contributed by atoms with van der Waals surface area (Å²) in [7, 11) is 0. The van der Waals surface area contributed by atoms with E-state index in [2.05, 4.69) is 31.2 Å². The summed E-state index contributed by atoms with van der Waals surface area (Å²) >= 11 is 1.05. The number of nitrogens with zero attached hydrogens (tertiary/aromatic N) is 6. The molecule has 5 heterocycles. The maximum absolute atomic E-state index is 14.5. The number of aryl methyl sites for hydroxylation is 1. The van der Waals surface area contributed by atoms with Crippen molar-refractivity contribution < 1.29 is 8.78 Å². The lowest BCUT2D eigenvalue weighted by molar-refractivity contribution is 0.338. The highest BCUT2D eigenvalue weighted by atomic mass is 32.2. The van der Waals surface area contributed by atoms with E-state index in [0.29, 0.717) is 22.0 Å². The lowest BCUT2D eigenvalue weighted by Crippen LogP contribution is -2.30. The molecule has 1 saturated heterocycles. The van der Waals surface area contributed by atoms with E-state index in [-0.39, 0.29) is 10.7 Å². The predicted octanol–water partition coefficient (Wildman–Crippen LogP) is 4.44. The van der Waals surface area contributed by atoms with Crippen molar-refractivity contribution in [3.8, 4) is 17.2 Å². The number of hydrogen-bond donors (Lipinski definition) is 1. The molecule has 0 unspecified atom stereocenters. The molecule has 33 heavy (non-hydrogen) atoms. The quantitative estimate of drug-likeness (QED) is 0.480. The second kappa shape index (κ2) is 8.57. The summed E-state index contributed by atoms with van der Waals surface area (Å²) in [5.74, 6) is -1.45. The molecule has 4 aromatic rings. The highest BCUT2D eigenvalue weighted by Gasteiger charge is 2.22. The molecule has 1 fully saturated rings. The van der Waals surface area contributed by atoms with Crippen LogP contribution in [0.5, 0.6) is 0 Å². The molecular formula is C23H21F2N7S. The molecule has 10 heteroatoms. The number of nitriles is 1. The van der Waals surface area contributed by atoms with Crippen LogP contribution in [0.1, 0.15) is 35.8 Å². The van der Waals surface area contributed by atoms with Crippen LogP contribution in [-0.2, 0) is 0 Å².